The van der Waals surface area contributed by atoms with Gasteiger partial charge in [0.05, 0.1) is 31.1 Å². The average molecular weight is 210 g/mol. The third kappa shape index (κ3) is 2.22. The van der Waals surface area contributed by atoms with Crippen molar-refractivity contribution >= 4 is 5.88 Å². The summed E-state index contributed by atoms with van der Waals surface area (Å²) < 4.78 is 9.91. The van der Waals surface area contributed by atoms with Crippen molar-refractivity contribution in [2.45, 2.75) is 0 Å². The van der Waals surface area contributed by atoms with Gasteiger partial charge in [0.25, 0.3) is 12.1 Å². The summed E-state index contributed by atoms with van der Waals surface area (Å²) in [6.45, 7) is 3.08. The first-order valence-corrected chi connectivity index (χ1v) is 3.83. The van der Waals surface area contributed by atoms with Crippen molar-refractivity contribution in [1.29, 1.82) is 0 Å². The number of aromatic nitrogens is 2. The number of halogens is 1. The number of nitrogens with zero attached hydrogens (tertiary/aromatic N) is 3. The molecule has 1 aliphatic rings. The van der Waals surface area contributed by atoms with Crippen molar-refractivity contribution in [3.8, 4) is 0 Å². The van der Waals surface area contributed by atoms with E-state index in [1.807, 2.05) is 5.01 Å². The number of ether oxygens (including phenoxy) is 1. The Kier molecular flexibility index (Phi) is 3.32. The minimum Gasteiger partial charge on any atom is -1.00 e. The highest BCUT2D eigenvalue weighted by molar-refractivity contribution is 5.11. The molecule has 0 spiro atoms. The SMILES string of the molecule is [15NH2]c1c[15n+](N2CCOCC2)[15n]o1.[Cl-]. The quantitative estimate of drug-likeness (QED) is 0.373. The predicted octanol–water partition coefficient (Wildman–Crippen LogP) is -4.48. The topological polar surface area (TPSA) is 68.4 Å². The van der Waals surface area contributed by atoms with E-state index in [4.69, 9.17) is 15.0 Å². The second-order valence-corrected chi connectivity index (χ2v) is 2.59. The van der Waals surface area contributed by atoms with Gasteiger partial charge >= 0.3 is 0 Å². The fourth-order valence-electron chi connectivity index (χ4n) is 1.14. The lowest BCUT2D eigenvalue weighted by atomic mass is 10.5. The molecule has 2 N–H and O–H groups in total. The Morgan fingerprint density at radius 1 is 1.46 bits per heavy atom. The van der Waals surface area contributed by atoms with E-state index in [2.05, 4.69) is 5.27 Å². The molecule has 1 aromatic rings. The van der Waals surface area contributed by atoms with Crippen molar-refractivity contribution < 1.29 is 26.5 Å². The molecule has 7 heteroatoms. The molecule has 0 atom stereocenters. The van der Waals surface area contributed by atoms with Crippen LogP contribution < -0.4 is 27.9 Å². The van der Waals surface area contributed by atoms with Crippen LogP contribution in [-0.2, 0) is 4.74 Å². The molecule has 13 heavy (non-hydrogen) atoms. The van der Waals surface area contributed by atoms with Crippen LogP contribution in [0.25, 0.3) is 0 Å². The Morgan fingerprint density at radius 2 is 2.15 bits per heavy atom. The van der Waals surface area contributed by atoms with Gasteiger partial charge in [-0.2, -0.15) is 0 Å². The van der Waals surface area contributed by atoms with Crippen LogP contribution in [0.15, 0.2) is 10.7 Å². The smallest absolute Gasteiger partial charge is 0.296 e. The number of hydrogen-bond donors (Lipinski definition) is 1. The zero-order valence-electron chi connectivity index (χ0n) is 7.02. The molecular formula is C6H11ClN4O2. The van der Waals surface area contributed by atoms with Crippen molar-refractivity contribution in [2.24, 2.45) is 0 Å². The van der Waals surface area contributed by atoms with E-state index in [1.165, 1.54) is 0 Å². The van der Waals surface area contributed by atoms with Crippen LogP contribution in [-0.4, -0.2) is 31.6 Å². The summed E-state index contributed by atoms with van der Waals surface area (Å²) in [5, 5.41) is 5.73. The van der Waals surface area contributed by atoms with E-state index in [0.29, 0.717) is 5.88 Å². The van der Waals surface area contributed by atoms with E-state index >= 15 is 0 Å². The minimum atomic E-state index is 0. The molecule has 1 saturated heterocycles. The summed E-state index contributed by atoms with van der Waals surface area (Å²) in [6.07, 6.45) is 1.64. The summed E-state index contributed by atoms with van der Waals surface area (Å²) in [7, 11) is 0. The molecule has 1 aliphatic heterocycles. The molecule has 0 saturated carbocycles. The maximum Gasteiger partial charge on any atom is 0.296 e. The van der Waals surface area contributed by atoms with Crippen LogP contribution in [0.5, 0.6) is 0 Å². The lowest BCUT2D eigenvalue weighted by molar-refractivity contribution is -0.759. The van der Waals surface area contributed by atoms with Gasteiger partial charge in [-0.1, -0.05) is 0 Å². The Hall–Kier alpha value is -1.01. The molecule has 74 valence electrons. The lowest BCUT2D eigenvalue weighted by Gasteiger charge is -2.18. The molecule has 0 unspecified atom stereocenters. The zero-order valence-corrected chi connectivity index (χ0v) is 7.78. The van der Waals surface area contributed by atoms with Crippen LogP contribution in [0.3, 0.4) is 0 Å². The molecule has 0 bridgehead atoms. The Labute approximate surface area is 81.6 Å². The van der Waals surface area contributed by atoms with Crippen LogP contribution in [0.2, 0.25) is 0 Å². The molecule has 2 heterocycles. The monoisotopic (exact) mass is 209 g/mol. The molecule has 2 rings (SSSR count). The molecule has 1 fully saturated rings. The molecule has 0 aromatic carbocycles. The van der Waals surface area contributed by atoms with Crippen LogP contribution in [0, 0.1) is 0 Å². The van der Waals surface area contributed by atoms with E-state index in [-0.39, 0.29) is 12.4 Å². The summed E-state index contributed by atoms with van der Waals surface area (Å²) in [5.41, 5.74) is 5.38. The van der Waals surface area contributed by atoms with Gasteiger partial charge in [-0.15, -0.1) is 5.01 Å². The summed E-state index contributed by atoms with van der Waals surface area (Å²) in [6, 6.07) is 0. The van der Waals surface area contributed by atoms with Crippen molar-refractivity contribution in [3.05, 3.63) is 6.20 Å². The molecule has 0 amide bonds. The van der Waals surface area contributed by atoms with Gasteiger partial charge in [0, 0.05) is 0 Å². The first-order valence-electron chi connectivity index (χ1n) is 3.83. The first-order chi connectivity index (χ1) is 5.86. The Bertz CT molecular complexity index is 261. The third-order valence-corrected chi connectivity index (χ3v) is 1.75. The van der Waals surface area contributed by atoms with Gasteiger partial charge in [-0.05, 0) is 0 Å². The second kappa shape index (κ2) is 4.29. The standard InChI is InChI=1S/C6H11N4O2.ClH/c7-6-5-10(8-12-6)9-1-3-11-4-2-9;/h5H,1-4,7H2;1H/q+1;/p-1/i7+1,8+1,10+1;. The van der Waals surface area contributed by atoms with E-state index in [9.17, 15) is 0 Å². The maximum absolute atomic E-state index is 5.38. The summed E-state index contributed by atoms with van der Waals surface area (Å²) in [5.74, 6) is 0.321. The van der Waals surface area contributed by atoms with E-state index in [1.54, 1.807) is 11.0 Å². The highest BCUT2D eigenvalue weighted by Crippen LogP contribution is 1.93. The number of anilines is 1. The number of morpholine rings is 1. The highest BCUT2D eigenvalue weighted by Gasteiger charge is 2.21. The van der Waals surface area contributed by atoms with Crippen LogP contribution in [0.1, 0.15) is 0 Å². The van der Waals surface area contributed by atoms with Crippen LogP contribution >= 0.6 is 0 Å². The van der Waals surface area contributed by atoms with Crippen molar-refractivity contribution in [2.75, 3.05) is 37.0 Å². The van der Waals surface area contributed by atoms with Gasteiger partial charge in [0.1, 0.15) is 0 Å². The number of nitrogens with two attached hydrogens (primary N) is 1. The van der Waals surface area contributed by atoms with Gasteiger partial charge in [-0.3, -0.25) is 4.52 Å². The summed E-state index contributed by atoms with van der Waals surface area (Å²) in [4.78, 5) is 1.61. The first kappa shape index (κ1) is 10.1. The normalized spacial score (nSPS) is 16.8. The number of nitrogen functional groups attached to an aromatic ring is 1. The summed E-state index contributed by atoms with van der Waals surface area (Å²) >= 11 is 0. The molecule has 0 radical (unpaired) electrons. The average Bonchev–Trinajstić information content (AvgIpc) is 2.54. The van der Waals surface area contributed by atoms with Gasteiger partial charge in [-0.25, -0.2) is 0 Å². The zero-order chi connectivity index (χ0) is 8.39. The lowest BCUT2D eigenvalue weighted by Crippen LogP contribution is -3.00. The fraction of sp³-hybridized carbons (Fsp3) is 0.667. The van der Waals surface area contributed by atoms with Gasteiger partial charge in [0.15, 0.2) is 0 Å². The second-order valence-electron chi connectivity index (χ2n) is 2.59. The predicted molar refractivity (Wildman–Crippen MR) is 39.9 cm³/mol. The van der Waals surface area contributed by atoms with E-state index in [0.717, 1.165) is 26.3 Å². The van der Waals surface area contributed by atoms with Gasteiger partial charge in [0.2, 0.25) is 5.27 Å². The molecule has 0 aliphatic carbocycles. The highest BCUT2D eigenvalue weighted by atomic mass is 35.5. The molecule has 1 aromatic heterocycles. The maximum atomic E-state index is 5.38. The molecular weight excluding hydrogens is 199 g/mol. The Morgan fingerprint density at radius 3 is 2.69 bits per heavy atom. The van der Waals surface area contributed by atoms with E-state index < -0.39 is 0 Å². The number of rotatable bonds is 1. The minimum absolute atomic E-state index is 0. The molecule has 6 nitrogen and oxygen atoms in total. The largest absolute Gasteiger partial charge is 1.00 e. The fourth-order valence-corrected chi connectivity index (χ4v) is 1.14. The third-order valence-electron chi connectivity index (χ3n) is 1.75. The van der Waals surface area contributed by atoms with Crippen molar-refractivity contribution in [3.63, 3.8) is 0 Å². The number of hydrogen-bond acceptors (Lipinski definition) is 5. The van der Waals surface area contributed by atoms with Crippen LogP contribution in [0.4, 0.5) is 5.88 Å². The van der Waals surface area contributed by atoms with Crippen molar-refractivity contribution in [1.82, 2.24) is 5.27 Å². The van der Waals surface area contributed by atoms with Gasteiger partial charge < -0.3 is 22.9 Å². The Balaban J connectivity index is 0.000000845.